The quantitative estimate of drug-likeness (QED) is 0.917. The van der Waals surface area contributed by atoms with Crippen molar-refractivity contribution in [3.63, 3.8) is 0 Å². The third-order valence-corrected chi connectivity index (χ3v) is 4.12. The minimum atomic E-state index is 0.773. The zero-order chi connectivity index (χ0) is 12.4. The van der Waals surface area contributed by atoms with Gasteiger partial charge in [0.05, 0.1) is 17.8 Å². The number of hydrogen-bond donors (Lipinski definition) is 1. The van der Waals surface area contributed by atoms with Crippen molar-refractivity contribution in [3.05, 3.63) is 34.7 Å². The minimum absolute atomic E-state index is 0.773. The minimum Gasteiger partial charge on any atom is -0.497 e. The molecular weight excluding hydrogens is 244 g/mol. The fourth-order valence-electron chi connectivity index (χ4n) is 2.06. The maximum atomic E-state index is 5.24. The van der Waals surface area contributed by atoms with Crippen LogP contribution in [0.2, 0.25) is 0 Å². The van der Waals surface area contributed by atoms with Crippen LogP contribution < -0.4 is 10.1 Å². The molecule has 0 bridgehead atoms. The molecule has 0 radical (unpaired) electrons. The van der Waals surface area contributed by atoms with Crippen LogP contribution in [0.15, 0.2) is 29.6 Å². The van der Waals surface area contributed by atoms with E-state index in [1.165, 1.54) is 5.01 Å². The van der Waals surface area contributed by atoms with Gasteiger partial charge in [0.25, 0.3) is 0 Å². The first-order valence-electron chi connectivity index (χ1n) is 6.14. The first-order chi connectivity index (χ1) is 8.85. The Labute approximate surface area is 111 Å². The molecule has 18 heavy (non-hydrogen) atoms. The summed E-state index contributed by atoms with van der Waals surface area (Å²) in [5.74, 6) is 1.65. The number of methoxy groups -OCH3 is 1. The standard InChI is InChI=1S/C14H16N2OS/c1-17-12-4-2-3-11(6-12)13-9-18-14(16-13)5-10-7-15-8-10/h2-4,6,9-10,15H,5,7-8H2,1H3. The molecule has 3 nitrogen and oxygen atoms in total. The number of thiazole rings is 1. The van der Waals surface area contributed by atoms with Gasteiger partial charge in [0.15, 0.2) is 0 Å². The maximum Gasteiger partial charge on any atom is 0.119 e. The Bertz CT molecular complexity index is 534. The van der Waals surface area contributed by atoms with Crippen molar-refractivity contribution in [1.82, 2.24) is 10.3 Å². The SMILES string of the molecule is COc1cccc(-c2csc(CC3CNC3)n2)c1. The molecule has 0 aliphatic carbocycles. The Morgan fingerprint density at radius 2 is 2.33 bits per heavy atom. The lowest BCUT2D eigenvalue weighted by Crippen LogP contribution is -2.43. The summed E-state index contributed by atoms with van der Waals surface area (Å²) in [5, 5.41) is 6.67. The summed E-state index contributed by atoms with van der Waals surface area (Å²) in [6, 6.07) is 8.07. The Hall–Kier alpha value is -1.39. The number of nitrogens with zero attached hydrogens (tertiary/aromatic N) is 1. The molecule has 0 amide bonds. The van der Waals surface area contributed by atoms with Crippen molar-refractivity contribution < 1.29 is 4.74 Å². The summed E-state index contributed by atoms with van der Waals surface area (Å²) in [4.78, 5) is 4.71. The number of nitrogens with one attached hydrogen (secondary N) is 1. The van der Waals surface area contributed by atoms with E-state index in [4.69, 9.17) is 9.72 Å². The van der Waals surface area contributed by atoms with Crippen LogP contribution in [-0.4, -0.2) is 25.2 Å². The largest absolute Gasteiger partial charge is 0.497 e. The molecular formula is C14H16N2OS. The van der Waals surface area contributed by atoms with Gasteiger partial charge in [0.2, 0.25) is 0 Å². The molecule has 4 heteroatoms. The van der Waals surface area contributed by atoms with E-state index in [1.807, 2.05) is 18.2 Å². The number of benzene rings is 1. The van der Waals surface area contributed by atoms with Crippen molar-refractivity contribution in [2.75, 3.05) is 20.2 Å². The van der Waals surface area contributed by atoms with Gasteiger partial charge < -0.3 is 10.1 Å². The first-order valence-corrected chi connectivity index (χ1v) is 7.02. The maximum absolute atomic E-state index is 5.24. The highest BCUT2D eigenvalue weighted by molar-refractivity contribution is 7.09. The summed E-state index contributed by atoms with van der Waals surface area (Å²) in [6.45, 7) is 2.27. The predicted octanol–water partition coefficient (Wildman–Crippen LogP) is 2.58. The zero-order valence-corrected chi connectivity index (χ0v) is 11.2. The molecule has 1 aliphatic rings. The molecule has 1 fully saturated rings. The fourth-order valence-corrected chi connectivity index (χ4v) is 2.98. The molecule has 3 rings (SSSR count). The van der Waals surface area contributed by atoms with E-state index in [0.29, 0.717) is 0 Å². The van der Waals surface area contributed by atoms with Gasteiger partial charge in [-0.05, 0) is 31.1 Å². The average Bonchev–Trinajstić information content (AvgIpc) is 2.83. The summed E-state index contributed by atoms with van der Waals surface area (Å²) in [6.07, 6.45) is 1.10. The van der Waals surface area contributed by atoms with Crippen LogP contribution in [0.25, 0.3) is 11.3 Å². The van der Waals surface area contributed by atoms with E-state index < -0.39 is 0 Å². The van der Waals surface area contributed by atoms with Crippen LogP contribution in [0.4, 0.5) is 0 Å². The van der Waals surface area contributed by atoms with E-state index in [-0.39, 0.29) is 0 Å². The van der Waals surface area contributed by atoms with Crippen molar-refractivity contribution in [2.24, 2.45) is 5.92 Å². The van der Waals surface area contributed by atoms with Gasteiger partial charge in [-0.3, -0.25) is 0 Å². The van der Waals surface area contributed by atoms with Crippen LogP contribution >= 0.6 is 11.3 Å². The number of hydrogen-bond acceptors (Lipinski definition) is 4. The molecule has 1 aliphatic heterocycles. The number of aromatic nitrogens is 1. The Kier molecular flexibility index (Phi) is 3.30. The molecule has 0 saturated carbocycles. The van der Waals surface area contributed by atoms with Crippen LogP contribution in [0.3, 0.4) is 0 Å². The summed E-state index contributed by atoms with van der Waals surface area (Å²) < 4.78 is 5.24. The van der Waals surface area contributed by atoms with Gasteiger partial charge in [0.1, 0.15) is 5.75 Å². The summed E-state index contributed by atoms with van der Waals surface area (Å²) in [5.41, 5.74) is 2.18. The van der Waals surface area contributed by atoms with Gasteiger partial charge in [-0.25, -0.2) is 4.98 Å². The second kappa shape index (κ2) is 5.08. The molecule has 1 N–H and O–H groups in total. The lowest BCUT2D eigenvalue weighted by molar-refractivity contribution is 0.346. The van der Waals surface area contributed by atoms with E-state index in [2.05, 4.69) is 16.8 Å². The Balaban J connectivity index is 1.78. The highest BCUT2D eigenvalue weighted by atomic mass is 32.1. The lowest BCUT2D eigenvalue weighted by atomic mass is 10.0. The Morgan fingerprint density at radius 1 is 1.44 bits per heavy atom. The van der Waals surface area contributed by atoms with Crippen LogP contribution in [0.5, 0.6) is 5.75 Å². The van der Waals surface area contributed by atoms with E-state index in [0.717, 1.165) is 42.4 Å². The highest BCUT2D eigenvalue weighted by Crippen LogP contribution is 2.26. The molecule has 94 valence electrons. The number of ether oxygens (including phenoxy) is 1. The number of rotatable bonds is 4. The van der Waals surface area contributed by atoms with Crippen molar-refractivity contribution in [3.8, 4) is 17.0 Å². The van der Waals surface area contributed by atoms with Crippen molar-refractivity contribution >= 4 is 11.3 Å². The van der Waals surface area contributed by atoms with Crippen molar-refractivity contribution in [2.45, 2.75) is 6.42 Å². The Morgan fingerprint density at radius 3 is 3.06 bits per heavy atom. The smallest absolute Gasteiger partial charge is 0.119 e. The zero-order valence-electron chi connectivity index (χ0n) is 10.3. The lowest BCUT2D eigenvalue weighted by Gasteiger charge is -2.25. The van der Waals surface area contributed by atoms with Gasteiger partial charge >= 0.3 is 0 Å². The molecule has 0 unspecified atom stereocenters. The second-order valence-corrected chi connectivity index (χ2v) is 5.53. The molecule has 0 spiro atoms. The topological polar surface area (TPSA) is 34.1 Å². The van der Waals surface area contributed by atoms with E-state index in [9.17, 15) is 0 Å². The van der Waals surface area contributed by atoms with Gasteiger partial charge in [0, 0.05) is 17.4 Å². The van der Waals surface area contributed by atoms with E-state index in [1.54, 1.807) is 18.4 Å². The monoisotopic (exact) mass is 260 g/mol. The predicted molar refractivity (Wildman–Crippen MR) is 74.2 cm³/mol. The van der Waals surface area contributed by atoms with E-state index >= 15 is 0 Å². The summed E-state index contributed by atoms with van der Waals surface area (Å²) in [7, 11) is 1.69. The molecule has 1 saturated heterocycles. The normalized spacial score (nSPS) is 15.4. The van der Waals surface area contributed by atoms with Gasteiger partial charge in [-0.1, -0.05) is 12.1 Å². The molecule has 2 aromatic rings. The van der Waals surface area contributed by atoms with Crippen molar-refractivity contribution in [1.29, 1.82) is 0 Å². The highest BCUT2D eigenvalue weighted by Gasteiger charge is 2.18. The van der Waals surface area contributed by atoms with Crippen LogP contribution in [0.1, 0.15) is 5.01 Å². The fraction of sp³-hybridized carbons (Fsp3) is 0.357. The third kappa shape index (κ3) is 2.40. The van der Waals surface area contributed by atoms with Crippen LogP contribution in [0, 0.1) is 5.92 Å². The first kappa shape index (κ1) is 11.7. The third-order valence-electron chi connectivity index (χ3n) is 3.25. The van der Waals surface area contributed by atoms with Gasteiger partial charge in [-0.2, -0.15) is 0 Å². The molecule has 1 aromatic carbocycles. The average molecular weight is 260 g/mol. The molecule has 2 heterocycles. The van der Waals surface area contributed by atoms with Crippen LogP contribution in [-0.2, 0) is 6.42 Å². The molecule has 0 atom stereocenters. The molecule has 1 aromatic heterocycles. The van der Waals surface area contributed by atoms with Gasteiger partial charge in [-0.15, -0.1) is 11.3 Å². The summed E-state index contributed by atoms with van der Waals surface area (Å²) >= 11 is 1.76. The second-order valence-electron chi connectivity index (χ2n) is 4.59.